The lowest BCUT2D eigenvalue weighted by atomic mass is 10.2. The van der Waals surface area contributed by atoms with Crippen LogP contribution in [-0.2, 0) is 10.0 Å². The zero-order chi connectivity index (χ0) is 15.6. The van der Waals surface area contributed by atoms with Gasteiger partial charge in [0.15, 0.2) is 0 Å². The van der Waals surface area contributed by atoms with Gasteiger partial charge in [0.05, 0.1) is 16.1 Å². The molecule has 0 saturated heterocycles. The SMILES string of the molecule is CN(c1cccc(F)c1)S(=O)(=O)c1ccc(F)c(C#N)c1. The van der Waals surface area contributed by atoms with Crippen molar-refractivity contribution in [2.45, 2.75) is 4.90 Å². The molecule has 0 aliphatic rings. The number of hydrogen-bond donors (Lipinski definition) is 0. The van der Waals surface area contributed by atoms with Crippen molar-refractivity contribution >= 4 is 15.7 Å². The smallest absolute Gasteiger partial charge is 0.264 e. The Kier molecular flexibility index (Phi) is 3.91. The van der Waals surface area contributed by atoms with Crippen LogP contribution < -0.4 is 4.31 Å². The molecular weight excluding hydrogens is 298 g/mol. The summed E-state index contributed by atoms with van der Waals surface area (Å²) in [7, 11) is -2.76. The van der Waals surface area contributed by atoms with Crippen LogP contribution in [0.25, 0.3) is 0 Å². The number of sulfonamides is 1. The molecule has 0 aliphatic heterocycles. The topological polar surface area (TPSA) is 61.2 Å². The van der Waals surface area contributed by atoms with Crippen LogP contribution in [0, 0.1) is 23.0 Å². The minimum Gasteiger partial charge on any atom is -0.269 e. The third-order valence-electron chi connectivity index (χ3n) is 2.89. The minimum atomic E-state index is -4.01. The zero-order valence-electron chi connectivity index (χ0n) is 10.9. The highest BCUT2D eigenvalue weighted by Crippen LogP contribution is 2.23. The van der Waals surface area contributed by atoms with Gasteiger partial charge in [-0.05, 0) is 36.4 Å². The molecule has 0 atom stereocenters. The molecule has 108 valence electrons. The summed E-state index contributed by atoms with van der Waals surface area (Å²) in [5.74, 6) is -1.38. The average Bonchev–Trinajstić information content (AvgIpc) is 2.46. The summed E-state index contributed by atoms with van der Waals surface area (Å²) in [4.78, 5) is -0.243. The average molecular weight is 308 g/mol. The zero-order valence-corrected chi connectivity index (χ0v) is 11.7. The van der Waals surface area contributed by atoms with E-state index in [0.29, 0.717) is 0 Å². The second-order valence-corrected chi connectivity index (χ2v) is 6.18. The Morgan fingerprint density at radius 3 is 2.48 bits per heavy atom. The first-order chi connectivity index (χ1) is 9.86. The molecule has 0 unspecified atom stereocenters. The van der Waals surface area contributed by atoms with Gasteiger partial charge in [-0.15, -0.1) is 0 Å². The fourth-order valence-electron chi connectivity index (χ4n) is 1.72. The minimum absolute atomic E-state index is 0.123. The van der Waals surface area contributed by atoms with Gasteiger partial charge in [-0.1, -0.05) is 6.07 Å². The number of halogens is 2. The summed E-state index contributed by atoms with van der Waals surface area (Å²) in [5.41, 5.74) is -0.249. The molecule has 0 bridgehead atoms. The van der Waals surface area contributed by atoms with E-state index in [0.717, 1.165) is 28.6 Å². The van der Waals surface area contributed by atoms with E-state index in [1.54, 1.807) is 6.07 Å². The van der Waals surface area contributed by atoms with Gasteiger partial charge < -0.3 is 0 Å². The highest BCUT2D eigenvalue weighted by Gasteiger charge is 2.22. The van der Waals surface area contributed by atoms with Crippen molar-refractivity contribution in [3.8, 4) is 6.07 Å². The van der Waals surface area contributed by atoms with Crippen LogP contribution in [0.4, 0.5) is 14.5 Å². The fourth-order valence-corrected chi connectivity index (χ4v) is 2.93. The van der Waals surface area contributed by atoms with Gasteiger partial charge in [-0.3, -0.25) is 4.31 Å². The second-order valence-electron chi connectivity index (χ2n) is 4.21. The number of nitrogens with zero attached hydrogens (tertiary/aromatic N) is 2. The number of rotatable bonds is 3. The molecule has 2 rings (SSSR count). The quantitative estimate of drug-likeness (QED) is 0.876. The summed E-state index contributed by atoms with van der Waals surface area (Å²) in [5, 5.41) is 8.75. The maximum absolute atomic E-state index is 13.3. The highest BCUT2D eigenvalue weighted by atomic mass is 32.2. The van der Waals surface area contributed by atoms with Crippen LogP contribution >= 0.6 is 0 Å². The van der Waals surface area contributed by atoms with E-state index in [9.17, 15) is 17.2 Å². The summed E-state index contributed by atoms with van der Waals surface area (Å²) < 4.78 is 52.1. The Bertz CT molecular complexity index is 829. The van der Waals surface area contributed by atoms with Crippen LogP contribution in [0.15, 0.2) is 47.4 Å². The van der Waals surface area contributed by atoms with E-state index in [1.165, 1.54) is 25.2 Å². The van der Waals surface area contributed by atoms with Crippen LogP contribution in [0.2, 0.25) is 0 Å². The van der Waals surface area contributed by atoms with E-state index in [-0.39, 0.29) is 16.1 Å². The van der Waals surface area contributed by atoms with Crippen molar-refractivity contribution in [3.05, 3.63) is 59.7 Å². The molecule has 21 heavy (non-hydrogen) atoms. The first-order valence-electron chi connectivity index (χ1n) is 5.80. The van der Waals surface area contributed by atoms with Gasteiger partial charge >= 0.3 is 0 Å². The third-order valence-corrected chi connectivity index (χ3v) is 4.67. The summed E-state index contributed by atoms with van der Waals surface area (Å²) in [6.07, 6.45) is 0. The monoisotopic (exact) mass is 308 g/mol. The largest absolute Gasteiger partial charge is 0.269 e. The molecule has 0 aromatic heterocycles. The molecule has 0 spiro atoms. The molecule has 0 N–H and O–H groups in total. The molecule has 0 radical (unpaired) electrons. The van der Waals surface area contributed by atoms with E-state index >= 15 is 0 Å². The molecule has 0 fully saturated rings. The maximum Gasteiger partial charge on any atom is 0.264 e. The number of hydrogen-bond acceptors (Lipinski definition) is 3. The van der Waals surface area contributed by atoms with E-state index in [4.69, 9.17) is 5.26 Å². The highest BCUT2D eigenvalue weighted by molar-refractivity contribution is 7.92. The molecule has 0 heterocycles. The van der Waals surface area contributed by atoms with Gasteiger partial charge in [-0.25, -0.2) is 17.2 Å². The van der Waals surface area contributed by atoms with E-state index in [1.807, 2.05) is 0 Å². The molecule has 0 saturated carbocycles. The Morgan fingerprint density at radius 1 is 1.14 bits per heavy atom. The van der Waals surface area contributed by atoms with Crippen LogP contribution in [0.3, 0.4) is 0 Å². The van der Waals surface area contributed by atoms with Crippen LogP contribution in [-0.4, -0.2) is 15.5 Å². The molecule has 4 nitrogen and oxygen atoms in total. The lowest BCUT2D eigenvalue weighted by Gasteiger charge is -2.19. The lowest BCUT2D eigenvalue weighted by Crippen LogP contribution is -2.26. The normalized spacial score (nSPS) is 11.0. The summed E-state index contributed by atoms with van der Waals surface area (Å²) >= 11 is 0. The van der Waals surface area contributed by atoms with Crippen molar-refractivity contribution < 1.29 is 17.2 Å². The molecule has 0 aliphatic carbocycles. The van der Waals surface area contributed by atoms with Gasteiger partial charge in [0.1, 0.15) is 17.7 Å². The van der Waals surface area contributed by atoms with Gasteiger partial charge in [-0.2, -0.15) is 5.26 Å². The van der Waals surface area contributed by atoms with Crippen molar-refractivity contribution in [2.24, 2.45) is 0 Å². The predicted octanol–water partition coefficient (Wildman–Crippen LogP) is 2.66. The first-order valence-corrected chi connectivity index (χ1v) is 7.24. The Labute approximate surface area is 120 Å². The molecule has 2 aromatic carbocycles. The van der Waals surface area contributed by atoms with Crippen molar-refractivity contribution in [2.75, 3.05) is 11.4 Å². The van der Waals surface area contributed by atoms with E-state index in [2.05, 4.69) is 0 Å². The van der Waals surface area contributed by atoms with Crippen LogP contribution in [0.5, 0.6) is 0 Å². The van der Waals surface area contributed by atoms with Gasteiger partial charge in [0, 0.05) is 7.05 Å². The summed E-state index contributed by atoms with van der Waals surface area (Å²) in [6, 6.07) is 9.54. The second kappa shape index (κ2) is 5.50. The van der Waals surface area contributed by atoms with Gasteiger partial charge in [0.25, 0.3) is 10.0 Å². The molecule has 7 heteroatoms. The molecular formula is C14H10F2N2O2S. The number of nitriles is 1. The molecule has 2 aromatic rings. The predicted molar refractivity (Wildman–Crippen MR) is 73.1 cm³/mol. The van der Waals surface area contributed by atoms with Crippen molar-refractivity contribution in [1.29, 1.82) is 5.26 Å². The number of anilines is 1. The number of benzene rings is 2. The Morgan fingerprint density at radius 2 is 1.86 bits per heavy atom. The fraction of sp³-hybridized carbons (Fsp3) is 0.0714. The lowest BCUT2D eigenvalue weighted by molar-refractivity contribution is 0.592. The summed E-state index contributed by atoms with van der Waals surface area (Å²) in [6.45, 7) is 0. The Hall–Kier alpha value is -2.46. The van der Waals surface area contributed by atoms with Crippen molar-refractivity contribution in [1.82, 2.24) is 0 Å². The first kappa shape index (κ1) is 14.9. The Balaban J connectivity index is 2.49. The molecule has 0 amide bonds. The van der Waals surface area contributed by atoms with E-state index < -0.39 is 21.7 Å². The van der Waals surface area contributed by atoms with Crippen molar-refractivity contribution in [3.63, 3.8) is 0 Å². The van der Waals surface area contributed by atoms with Crippen LogP contribution in [0.1, 0.15) is 5.56 Å². The van der Waals surface area contributed by atoms with Gasteiger partial charge in [0.2, 0.25) is 0 Å². The third kappa shape index (κ3) is 2.85. The standard InChI is InChI=1S/C14H10F2N2O2S/c1-18(12-4-2-3-11(15)8-12)21(19,20)13-5-6-14(16)10(7-13)9-17/h2-8H,1H3. The maximum atomic E-state index is 13.3.